The number of ketones is 1. The van der Waals surface area contributed by atoms with Gasteiger partial charge in [0.05, 0.1) is 0 Å². The molecule has 4 heteroatoms. The minimum atomic E-state index is -0.128. The molecule has 2 aromatic carbocycles. The van der Waals surface area contributed by atoms with Crippen molar-refractivity contribution in [2.24, 2.45) is 0 Å². The second-order valence-corrected chi connectivity index (χ2v) is 6.06. The number of nitrogens with one attached hydrogen (secondary N) is 1. The lowest BCUT2D eigenvalue weighted by Gasteiger charge is -2.06. The summed E-state index contributed by atoms with van der Waals surface area (Å²) in [6, 6.07) is 12.9. The molecule has 3 nitrogen and oxygen atoms in total. The first-order valence-electron chi connectivity index (χ1n) is 7.57. The van der Waals surface area contributed by atoms with E-state index in [1.165, 1.54) is 0 Å². The molecule has 2 rings (SSSR count). The van der Waals surface area contributed by atoms with Crippen molar-refractivity contribution < 1.29 is 9.59 Å². The average Bonchev–Trinajstić information content (AvgIpc) is 2.54. The van der Waals surface area contributed by atoms with Gasteiger partial charge in [-0.15, -0.1) is 0 Å². The fraction of sp³-hybridized carbons (Fsp3) is 0.263. The SMILES string of the molecule is Cc1ccc(C(=O)CCC(=O)NCc2ccc(Cl)cc2)cc1C. The van der Waals surface area contributed by atoms with Crippen molar-refractivity contribution in [3.63, 3.8) is 0 Å². The topological polar surface area (TPSA) is 46.2 Å². The molecule has 0 aromatic heterocycles. The molecule has 0 aliphatic rings. The van der Waals surface area contributed by atoms with Crippen LogP contribution < -0.4 is 5.32 Å². The summed E-state index contributed by atoms with van der Waals surface area (Å²) in [5.74, 6) is -0.133. The lowest BCUT2D eigenvalue weighted by molar-refractivity contribution is -0.121. The van der Waals surface area contributed by atoms with Crippen LogP contribution in [0.4, 0.5) is 0 Å². The largest absolute Gasteiger partial charge is 0.352 e. The molecule has 23 heavy (non-hydrogen) atoms. The lowest BCUT2D eigenvalue weighted by atomic mass is 10.0. The third-order valence-electron chi connectivity index (χ3n) is 3.81. The predicted molar refractivity (Wildman–Crippen MR) is 92.8 cm³/mol. The summed E-state index contributed by atoms with van der Waals surface area (Å²) < 4.78 is 0. The first-order valence-corrected chi connectivity index (χ1v) is 7.95. The molecule has 0 aliphatic carbocycles. The van der Waals surface area contributed by atoms with Crippen molar-refractivity contribution in [1.29, 1.82) is 0 Å². The molecule has 0 spiro atoms. The van der Waals surface area contributed by atoms with Crippen molar-refractivity contribution in [3.8, 4) is 0 Å². The van der Waals surface area contributed by atoms with Crippen LogP contribution in [0, 0.1) is 13.8 Å². The molecule has 0 unspecified atom stereocenters. The van der Waals surface area contributed by atoms with Crippen LogP contribution in [-0.2, 0) is 11.3 Å². The van der Waals surface area contributed by atoms with Crippen LogP contribution in [-0.4, -0.2) is 11.7 Å². The Hall–Kier alpha value is -2.13. The summed E-state index contributed by atoms with van der Waals surface area (Å²) in [5.41, 5.74) is 3.88. The van der Waals surface area contributed by atoms with Gasteiger partial charge in [0.1, 0.15) is 0 Å². The first-order chi connectivity index (χ1) is 11.0. The van der Waals surface area contributed by atoms with E-state index in [1.807, 2.05) is 44.2 Å². The van der Waals surface area contributed by atoms with Crippen molar-refractivity contribution in [1.82, 2.24) is 5.32 Å². The average molecular weight is 330 g/mol. The van der Waals surface area contributed by atoms with Crippen molar-refractivity contribution in [3.05, 3.63) is 69.7 Å². The fourth-order valence-electron chi connectivity index (χ4n) is 2.18. The summed E-state index contributed by atoms with van der Waals surface area (Å²) in [6.45, 7) is 4.42. The van der Waals surface area contributed by atoms with Crippen LogP contribution in [0.5, 0.6) is 0 Å². The number of benzene rings is 2. The van der Waals surface area contributed by atoms with Crippen molar-refractivity contribution in [2.45, 2.75) is 33.2 Å². The van der Waals surface area contributed by atoms with Gasteiger partial charge in [0.25, 0.3) is 0 Å². The molecule has 0 fully saturated rings. The quantitative estimate of drug-likeness (QED) is 0.806. The van der Waals surface area contributed by atoms with Crippen molar-refractivity contribution in [2.75, 3.05) is 0 Å². The van der Waals surface area contributed by atoms with Gasteiger partial charge in [-0.1, -0.05) is 35.9 Å². The maximum absolute atomic E-state index is 12.1. The minimum absolute atomic E-state index is 0.00487. The van der Waals surface area contributed by atoms with Gasteiger partial charge in [-0.3, -0.25) is 9.59 Å². The van der Waals surface area contributed by atoms with Gasteiger partial charge in [-0.2, -0.15) is 0 Å². The summed E-state index contributed by atoms with van der Waals surface area (Å²) in [6.07, 6.45) is 0.411. The molecule has 1 N–H and O–H groups in total. The maximum atomic E-state index is 12.1. The standard InChI is InChI=1S/C19H20ClNO2/c1-13-3-6-16(11-14(13)2)18(22)9-10-19(23)21-12-15-4-7-17(20)8-5-15/h3-8,11H,9-10,12H2,1-2H3,(H,21,23). The van der Waals surface area contributed by atoms with E-state index in [0.717, 1.165) is 16.7 Å². The number of hydrogen-bond acceptors (Lipinski definition) is 2. The van der Waals surface area contributed by atoms with Crippen LogP contribution in [0.15, 0.2) is 42.5 Å². The van der Waals surface area contributed by atoms with Gasteiger partial charge >= 0.3 is 0 Å². The van der Waals surface area contributed by atoms with E-state index >= 15 is 0 Å². The van der Waals surface area contributed by atoms with Crippen LogP contribution in [0.2, 0.25) is 5.02 Å². The Labute approximate surface area is 141 Å². The second-order valence-electron chi connectivity index (χ2n) is 5.63. The summed E-state index contributed by atoms with van der Waals surface area (Å²) in [7, 11) is 0. The zero-order valence-corrected chi connectivity index (χ0v) is 14.1. The molecule has 0 atom stereocenters. The highest BCUT2D eigenvalue weighted by Crippen LogP contribution is 2.13. The minimum Gasteiger partial charge on any atom is -0.352 e. The highest BCUT2D eigenvalue weighted by Gasteiger charge is 2.10. The van der Waals surface area contributed by atoms with E-state index < -0.39 is 0 Å². The van der Waals surface area contributed by atoms with E-state index in [1.54, 1.807) is 12.1 Å². The van der Waals surface area contributed by atoms with Gasteiger partial charge in [0.15, 0.2) is 5.78 Å². The normalized spacial score (nSPS) is 10.4. The second kappa shape index (κ2) is 7.93. The molecule has 0 heterocycles. The molecule has 0 radical (unpaired) electrons. The van der Waals surface area contributed by atoms with Crippen LogP contribution in [0.1, 0.15) is 39.9 Å². The zero-order chi connectivity index (χ0) is 16.8. The van der Waals surface area contributed by atoms with Gasteiger partial charge in [0.2, 0.25) is 5.91 Å². The zero-order valence-electron chi connectivity index (χ0n) is 13.4. The third kappa shape index (κ3) is 5.22. The van der Waals surface area contributed by atoms with Crippen LogP contribution in [0.3, 0.4) is 0 Å². The van der Waals surface area contributed by atoms with Gasteiger partial charge < -0.3 is 5.32 Å². The highest BCUT2D eigenvalue weighted by molar-refractivity contribution is 6.30. The Balaban J connectivity index is 1.80. The molecule has 0 bridgehead atoms. The summed E-state index contributed by atoms with van der Waals surface area (Å²) in [5, 5.41) is 3.48. The number of carbonyl (C=O) groups excluding carboxylic acids is 2. The monoisotopic (exact) mass is 329 g/mol. The number of hydrogen-bond donors (Lipinski definition) is 1. The number of rotatable bonds is 6. The number of amides is 1. The lowest BCUT2D eigenvalue weighted by Crippen LogP contribution is -2.23. The molecule has 1 amide bonds. The third-order valence-corrected chi connectivity index (χ3v) is 4.06. The Morgan fingerprint density at radius 3 is 2.30 bits per heavy atom. The first kappa shape index (κ1) is 17.2. The van der Waals surface area contributed by atoms with E-state index in [0.29, 0.717) is 17.1 Å². The van der Waals surface area contributed by atoms with Gasteiger partial charge in [-0.05, 0) is 48.7 Å². The smallest absolute Gasteiger partial charge is 0.220 e. The molecule has 2 aromatic rings. The van der Waals surface area contributed by atoms with Crippen LogP contribution in [0.25, 0.3) is 0 Å². The Kier molecular flexibility index (Phi) is 5.94. The summed E-state index contributed by atoms with van der Waals surface area (Å²) >= 11 is 5.81. The Bertz CT molecular complexity index is 708. The van der Waals surface area contributed by atoms with Gasteiger partial charge in [0, 0.05) is 30.0 Å². The Morgan fingerprint density at radius 2 is 1.65 bits per heavy atom. The van der Waals surface area contributed by atoms with E-state index in [2.05, 4.69) is 5.32 Å². The summed E-state index contributed by atoms with van der Waals surface area (Å²) in [4.78, 5) is 24.0. The molecular formula is C19H20ClNO2. The predicted octanol–water partition coefficient (Wildman–Crippen LogP) is 4.24. The molecule has 0 saturated carbocycles. The van der Waals surface area contributed by atoms with Crippen molar-refractivity contribution >= 4 is 23.3 Å². The molecule has 0 aliphatic heterocycles. The molecule has 120 valence electrons. The van der Waals surface area contributed by atoms with Gasteiger partial charge in [-0.25, -0.2) is 0 Å². The molecular weight excluding hydrogens is 310 g/mol. The van der Waals surface area contributed by atoms with E-state index in [4.69, 9.17) is 11.6 Å². The fourth-order valence-corrected chi connectivity index (χ4v) is 2.30. The maximum Gasteiger partial charge on any atom is 0.220 e. The number of halogens is 1. The highest BCUT2D eigenvalue weighted by atomic mass is 35.5. The molecule has 0 saturated heterocycles. The van der Waals surface area contributed by atoms with Crippen LogP contribution >= 0.6 is 11.6 Å². The van der Waals surface area contributed by atoms with E-state index in [-0.39, 0.29) is 24.5 Å². The van der Waals surface area contributed by atoms with E-state index in [9.17, 15) is 9.59 Å². The Morgan fingerprint density at radius 1 is 0.957 bits per heavy atom. The number of aryl methyl sites for hydroxylation is 2. The number of carbonyl (C=O) groups is 2. The number of Topliss-reactive ketones (excluding diaryl/α,β-unsaturated/α-hetero) is 1.